The lowest BCUT2D eigenvalue weighted by Crippen LogP contribution is -2.11. The van der Waals surface area contributed by atoms with Crippen molar-refractivity contribution >= 4 is 61.0 Å². The van der Waals surface area contributed by atoms with Gasteiger partial charge < -0.3 is 4.74 Å². The van der Waals surface area contributed by atoms with Crippen molar-refractivity contribution < 1.29 is 9.53 Å². The quantitative estimate of drug-likeness (QED) is 0.619. The summed E-state index contributed by atoms with van der Waals surface area (Å²) in [5, 5.41) is 11.4. The third kappa shape index (κ3) is 4.25. The number of hydrogen-bond donors (Lipinski definition) is 1. The zero-order valence-corrected chi connectivity index (χ0v) is 15.6. The molecule has 0 fully saturated rings. The molecule has 0 atom stereocenters. The molecule has 0 aliphatic rings. The first kappa shape index (κ1) is 16.7. The lowest BCUT2D eigenvalue weighted by molar-refractivity contribution is 0.102. The molecule has 6 nitrogen and oxygen atoms in total. The van der Waals surface area contributed by atoms with Gasteiger partial charge in [-0.25, -0.2) is 4.99 Å². The van der Waals surface area contributed by atoms with E-state index in [1.807, 2.05) is 12.1 Å². The molecule has 1 aromatic carbocycles. The molecule has 0 spiro atoms. The van der Waals surface area contributed by atoms with Gasteiger partial charge in [-0.1, -0.05) is 11.3 Å². The number of ether oxygens (including phenoxy) is 1. The molecule has 0 saturated heterocycles. The van der Waals surface area contributed by atoms with E-state index in [0.717, 1.165) is 8.66 Å². The Hall–Kier alpha value is -2.10. The lowest BCUT2D eigenvalue weighted by Gasteiger charge is -2.02. The predicted octanol–water partition coefficient (Wildman–Crippen LogP) is 4.37. The molecule has 3 rings (SSSR count). The van der Waals surface area contributed by atoms with Crippen LogP contribution in [0, 0.1) is 0 Å². The molecule has 0 aliphatic heterocycles. The highest BCUT2D eigenvalue weighted by Gasteiger charge is 2.10. The molecule has 0 unspecified atom stereocenters. The minimum Gasteiger partial charge on any atom is -0.497 e. The van der Waals surface area contributed by atoms with Crippen molar-refractivity contribution in [1.82, 2.24) is 10.2 Å². The fraction of sp³-hybridized carbons (Fsp3) is 0.0667. The van der Waals surface area contributed by atoms with E-state index in [1.165, 1.54) is 11.3 Å². The number of carbonyl (C=O) groups excluding carboxylic acids is 1. The average Bonchev–Trinajstić information content (AvgIpc) is 3.22. The molecule has 122 valence electrons. The summed E-state index contributed by atoms with van der Waals surface area (Å²) in [7, 11) is 1.58. The number of thiophene rings is 1. The monoisotopic (exact) mass is 422 g/mol. The number of methoxy groups -OCH3 is 1. The van der Waals surface area contributed by atoms with Crippen LogP contribution in [0.25, 0.3) is 0 Å². The standard InChI is InChI=1S/C15H11BrN4O2S2/c1-22-10-4-2-9(3-5-10)13(21)18-15-20-19-14(24-15)17-8-11-6-7-12(16)23-11/h2-8H,1H3,(H,18,20,21). The topological polar surface area (TPSA) is 76.5 Å². The zero-order valence-electron chi connectivity index (χ0n) is 12.4. The highest BCUT2D eigenvalue weighted by Crippen LogP contribution is 2.25. The Morgan fingerprint density at radius 2 is 2.00 bits per heavy atom. The van der Waals surface area contributed by atoms with Gasteiger partial charge >= 0.3 is 0 Å². The van der Waals surface area contributed by atoms with Gasteiger partial charge in [0, 0.05) is 16.7 Å². The first-order chi connectivity index (χ1) is 11.6. The normalized spacial score (nSPS) is 10.9. The number of anilines is 1. The maximum Gasteiger partial charge on any atom is 0.257 e. The number of aromatic nitrogens is 2. The Morgan fingerprint density at radius 1 is 1.21 bits per heavy atom. The smallest absolute Gasteiger partial charge is 0.257 e. The summed E-state index contributed by atoms with van der Waals surface area (Å²) in [5.74, 6) is 0.436. The van der Waals surface area contributed by atoms with E-state index in [1.54, 1.807) is 48.9 Å². The van der Waals surface area contributed by atoms with Crippen molar-refractivity contribution in [2.75, 3.05) is 12.4 Å². The molecule has 2 heterocycles. The molecular formula is C15H11BrN4O2S2. The predicted molar refractivity (Wildman–Crippen MR) is 100 cm³/mol. The van der Waals surface area contributed by atoms with E-state index in [-0.39, 0.29) is 5.91 Å². The van der Waals surface area contributed by atoms with Crippen molar-refractivity contribution in [3.63, 3.8) is 0 Å². The molecule has 1 N–H and O–H groups in total. The van der Waals surface area contributed by atoms with E-state index >= 15 is 0 Å². The molecule has 2 aromatic heterocycles. The molecule has 1 amide bonds. The highest BCUT2D eigenvalue weighted by atomic mass is 79.9. The summed E-state index contributed by atoms with van der Waals surface area (Å²) in [6, 6.07) is 10.7. The van der Waals surface area contributed by atoms with Gasteiger partial charge in [-0.05, 0) is 52.3 Å². The lowest BCUT2D eigenvalue weighted by atomic mass is 10.2. The van der Waals surface area contributed by atoms with E-state index in [4.69, 9.17) is 4.74 Å². The second-order valence-corrected chi connectivity index (χ2v) is 7.92. The summed E-state index contributed by atoms with van der Waals surface area (Å²) in [6.45, 7) is 0. The van der Waals surface area contributed by atoms with Crippen LogP contribution in [0.15, 0.2) is 45.2 Å². The molecule has 0 radical (unpaired) electrons. The maximum atomic E-state index is 12.2. The zero-order chi connectivity index (χ0) is 16.9. The van der Waals surface area contributed by atoms with E-state index < -0.39 is 0 Å². The number of nitrogens with zero attached hydrogens (tertiary/aromatic N) is 3. The van der Waals surface area contributed by atoms with Gasteiger partial charge in [0.05, 0.1) is 10.9 Å². The van der Waals surface area contributed by atoms with Crippen LogP contribution >= 0.6 is 38.6 Å². The third-order valence-corrected chi connectivity index (χ3v) is 5.19. The van der Waals surface area contributed by atoms with Crippen LogP contribution in [0.4, 0.5) is 10.3 Å². The number of nitrogens with one attached hydrogen (secondary N) is 1. The van der Waals surface area contributed by atoms with Gasteiger partial charge in [-0.2, -0.15) is 0 Å². The fourth-order valence-electron chi connectivity index (χ4n) is 1.75. The first-order valence-corrected chi connectivity index (χ1v) is 9.15. The Bertz CT molecular complexity index is 874. The largest absolute Gasteiger partial charge is 0.497 e. The van der Waals surface area contributed by atoms with Crippen LogP contribution in [-0.2, 0) is 0 Å². The van der Waals surface area contributed by atoms with Crippen molar-refractivity contribution in [2.45, 2.75) is 0 Å². The van der Waals surface area contributed by atoms with Gasteiger partial charge in [-0.3, -0.25) is 10.1 Å². The Balaban J connectivity index is 1.64. The van der Waals surface area contributed by atoms with Gasteiger partial charge in [0.15, 0.2) is 0 Å². The van der Waals surface area contributed by atoms with Gasteiger partial charge in [0.25, 0.3) is 5.91 Å². The second kappa shape index (κ2) is 7.65. The van der Waals surface area contributed by atoms with Crippen molar-refractivity contribution in [3.8, 4) is 5.75 Å². The molecule has 0 aliphatic carbocycles. The SMILES string of the molecule is COc1ccc(C(=O)Nc2nnc(N=Cc3ccc(Br)s3)s2)cc1. The fourth-order valence-corrected chi connectivity index (χ4v) is 3.63. The Morgan fingerprint density at radius 3 is 2.67 bits per heavy atom. The number of halogens is 1. The molecule has 9 heteroatoms. The van der Waals surface area contributed by atoms with Crippen LogP contribution in [0.1, 0.15) is 15.2 Å². The molecule has 24 heavy (non-hydrogen) atoms. The highest BCUT2D eigenvalue weighted by molar-refractivity contribution is 9.11. The van der Waals surface area contributed by atoms with Gasteiger partial charge in [0.1, 0.15) is 5.75 Å². The number of aliphatic imine (C=N–C) groups is 1. The first-order valence-electron chi connectivity index (χ1n) is 6.72. The molecule has 3 aromatic rings. The second-order valence-electron chi connectivity index (χ2n) is 4.47. The van der Waals surface area contributed by atoms with Crippen molar-refractivity contribution in [2.24, 2.45) is 4.99 Å². The van der Waals surface area contributed by atoms with E-state index in [9.17, 15) is 4.79 Å². The minimum absolute atomic E-state index is 0.258. The Kier molecular flexibility index (Phi) is 5.34. The summed E-state index contributed by atoms with van der Waals surface area (Å²) >= 11 is 6.17. The van der Waals surface area contributed by atoms with Crippen LogP contribution < -0.4 is 10.1 Å². The Labute approximate surface area is 154 Å². The van der Waals surface area contributed by atoms with Gasteiger partial charge in [-0.15, -0.1) is 21.5 Å². The van der Waals surface area contributed by atoms with E-state index in [0.29, 0.717) is 21.6 Å². The average molecular weight is 423 g/mol. The van der Waals surface area contributed by atoms with Crippen molar-refractivity contribution in [3.05, 3.63) is 50.6 Å². The van der Waals surface area contributed by atoms with Crippen molar-refractivity contribution in [1.29, 1.82) is 0 Å². The summed E-state index contributed by atoms with van der Waals surface area (Å²) in [4.78, 5) is 17.4. The molecule has 0 saturated carbocycles. The summed E-state index contributed by atoms with van der Waals surface area (Å²) in [6.07, 6.45) is 1.71. The van der Waals surface area contributed by atoms with Crippen LogP contribution in [-0.4, -0.2) is 29.4 Å². The third-order valence-electron chi connectivity index (χ3n) is 2.88. The molecular weight excluding hydrogens is 412 g/mol. The number of hydrogen-bond acceptors (Lipinski definition) is 7. The number of rotatable bonds is 5. The maximum absolute atomic E-state index is 12.2. The number of benzene rings is 1. The molecule has 0 bridgehead atoms. The van der Waals surface area contributed by atoms with E-state index in [2.05, 4.69) is 36.4 Å². The minimum atomic E-state index is -0.258. The van der Waals surface area contributed by atoms with Crippen LogP contribution in [0.5, 0.6) is 5.75 Å². The number of carbonyl (C=O) groups is 1. The summed E-state index contributed by atoms with van der Waals surface area (Å²) in [5.41, 5.74) is 0.513. The summed E-state index contributed by atoms with van der Waals surface area (Å²) < 4.78 is 6.10. The number of amides is 1. The van der Waals surface area contributed by atoms with Crippen LogP contribution in [0.3, 0.4) is 0 Å². The van der Waals surface area contributed by atoms with Gasteiger partial charge in [0.2, 0.25) is 10.3 Å². The van der Waals surface area contributed by atoms with Crippen LogP contribution in [0.2, 0.25) is 0 Å².